The zero-order valence-corrected chi connectivity index (χ0v) is 16.6. The Morgan fingerprint density at radius 2 is 1.50 bits per heavy atom. The number of anilines is 1. The summed E-state index contributed by atoms with van der Waals surface area (Å²) in [6.07, 6.45) is 0.264. The van der Waals surface area contributed by atoms with Crippen LogP contribution in [0.3, 0.4) is 0 Å². The molecule has 0 radical (unpaired) electrons. The summed E-state index contributed by atoms with van der Waals surface area (Å²) in [6, 6.07) is 4.05. The van der Waals surface area contributed by atoms with Crippen LogP contribution < -0.4 is 10.5 Å². The molecule has 0 aliphatic carbocycles. The Kier molecular flexibility index (Phi) is 6.22. The molecule has 2 aromatic carbocycles. The van der Waals surface area contributed by atoms with Gasteiger partial charge < -0.3 is 10.5 Å². The number of unbranched alkanes of at least 4 members (excludes halogenated alkanes) is 1. The van der Waals surface area contributed by atoms with Gasteiger partial charge in [0.05, 0.1) is 22.9 Å². The minimum Gasteiger partial charge on any atom is -0.493 e. The van der Waals surface area contributed by atoms with Crippen LogP contribution >= 0.6 is 0 Å². The van der Waals surface area contributed by atoms with Gasteiger partial charge in [-0.1, -0.05) is 0 Å². The van der Waals surface area contributed by atoms with Gasteiger partial charge >= 0.3 is 0 Å². The molecular weight excluding hydrogens is 438 g/mol. The molecular formula is C14H17NO10S3. The van der Waals surface area contributed by atoms with Crippen LogP contribution in [0, 0.1) is 0 Å². The third kappa shape index (κ3) is 5.76. The van der Waals surface area contributed by atoms with Crippen LogP contribution in [0.5, 0.6) is 5.75 Å². The van der Waals surface area contributed by atoms with Gasteiger partial charge in [-0.05, 0) is 36.4 Å². The second-order valence-corrected chi connectivity index (χ2v) is 10.2. The molecule has 2 rings (SSSR count). The molecule has 28 heavy (non-hydrogen) atoms. The zero-order valence-electron chi connectivity index (χ0n) is 14.1. The second kappa shape index (κ2) is 7.81. The van der Waals surface area contributed by atoms with Crippen molar-refractivity contribution < 1.29 is 43.6 Å². The highest BCUT2D eigenvalue weighted by Gasteiger charge is 2.20. The van der Waals surface area contributed by atoms with E-state index in [1.54, 1.807) is 0 Å². The second-order valence-electron chi connectivity index (χ2n) is 5.82. The Morgan fingerprint density at radius 3 is 2.04 bits per heavy atom. The van der Waals surface area contributed by atoms with Crippen molar-refractivity contribution in [3.05, 3.63) is 24.3 Å². The van der Waals surface area contributed by atoms with E-state index in [1.807, 2.05) is 0 Å². The summed E-state index contributed by atoms with van der Waals surface area (Å²) in [4.78, 5) is -1.23. The van der Waals surface area contributed by atoms with E-state index in [0.29, 0.717) is 0 Å². The molecule has 0 aliphatic rings. The van der Waals surface area contributed by atoms with Crippen molar-refractivity contribution in [3.63, 3.8) is 0 Å². The molecule has 0 aromatic heterocycles. The van der Waals surface area contributed by atoms with E-state index >= 15 is 0 Å². The van der Waals surface area contributed by atoms with E-state index in [2.05, 4.69) is 0 Å². The van der Waals surface area contributed by atoms with Crippen LogP contribution in [-0.4, -0.2) is 51.3 Å². The molecule has 0 amide bonds. The van der Waals surface area contributed by atoms with E-state index in [-0.39, 0.29) is 41.7 Å². The first-order valence-corrected chi connectivity index (χ1v) is 12.1. The highest BCUT2D eigenvalue weighted by Crippen LogP contribution is 2.34. The van der Waals surface area contributed by atoms with Crippen molar-refractivity contribution in [3.8, 4) is 5.75 Å². The zero-order chi connectivity index (χ0) is 21.3. The number of hydrogen-bond donors (Lipinski definition) is 4. The Labute approximate surface area is 161 Å². The Bertz CT molecular complexity index is 1220. The lowest BCUT2D eigenvalue weighted by molar-refractivity contribution is 0.311. The van der Waals surface area contributed by atoms with Crippen LogP contribution in [0.1, 0.15) is 12.8 Å². The third-order valence-electron chi connectivity index (χ3n) is 3.65. The first-order chi connectivity index (χ1) is 12.7. The smallest absolute Gasteiger partial charge is 0.296 e. The summed E-state index contributed by atoms with van der Waals surface area (Å²) in [5, 5.41) is 0.206. The van der Waals surface area contributed by atoms with Gasteiger partial charge in [-0.25, -0.2) is 0 Å². The van der Waals surface area contributed by atoms with Crippen molar-refractivity contribution in [1.29, 1.82) is 0 Å². The molecule has 0 aliphatic heterocycles. The SMILES string of the molecule is Nc1cc2c(OCCCCS(=O)(=O)O)cc(S(=O)(=O)O)cc2cc1S(=O)(=O)O. The van der Waals surface area contributed by atoms with Crippen LogP contribution in [0.2, 0.25) is 0 Å². The van der Waals surface area contributed by atoms with Gasteiger partial charge in [0.1, 0.15) is 10.6 Å². The van der Waals surface area contributed by atoms with Gasteiger partial charge in [-0.2, -0.15) is 25.3 Å². The summed E-state index contributed by atoms with van der Waals surface area (Å²) in [5.74, 6) is -0.544. The van der Waals surface area contributed by atoms with Gasteiger partial charge in [0, 0.05) is 11.5 Å². The minimum atomic E-state index is -4.68. The maximum absolute atomic E-state index is 11.5. The molecule has 11 nitrogen and oxygen atoms in total. The van der Waals surface area contributed by atoms with E-state index in [1.165, 1.54) is 0 Å². The molecule has 0 atom stereocenters. The average molecular weight is 455 g/mol. The first-order valence-electron chi connectivity index (χ1n) is 7.59. The number of ether oxygens (including phenoxy) is 1. The van der Waals surface area contributed by atoms with E-state index in [9.17, 15) is 34.4 Å². The fourth-order valence-corrected chi connectivity index (χ4v) is 4.14. The van der Waals surface area contributed by atoms with Crippen molar-refractivity contribution >= 4 is 46.8 Å². The maximum Gasteiger partial charge on any atom is 0.296 e. The molecule has 0 unspecified atom stereocenters. The van der Waals surface area contributed by atoms with Crippen molar-refractivity contribution in [2.45, 2.75) is 22.6 Å². The highest BCUT2D eigenvalue weighted by molar-refractivity contribution is 7.86. The summed E-state index contributed by atoms with van der Waals surface area (Å²) < 4.78 is 99.7. The third-order valence-corrected chi connectivity index (χ3v) is 6.19. The summed E-state index contributed by atoms with van der Waals surface area (Å²) in [6.45, 7) is -0.0699. The van der Waals surface area contributed by atoms with Gasteiger partial charge in [0.15, 0.2) is 0 Å². The number of hydrogen-bond acceptors (Lipinski definition) is 8. The number of nitrogen functional groups attached to an aromatic ring is 1. The highest BCUT2D eigenvalue weighted by atomic mass is 32.2. The van der Waals surface area contributed by atoms with E-state index in [0.717, 1.165) is 24.3 Å². The molecule has 156 valence electrons. The minimum absolute atomic E-state index is 0.00452. The predicted octanol–water partition coefficient (Wildman–Crippen LogP) is 0.962. The standard InChI is InChI=1S/C14H17NO10S3/c15-12-8-11-9(6-14(12)28(22,23)24)5-10(27(19,20)21)7-13(11)25-3-1-2-4-26(16,17)18/h5-8H,1-4,15H2,(H,16,17,18)(H,19,20,21)(H,22,23,24). The molecule has 0 spiro atoms. The lowest BCUT2D eigenvalue weighted by atomic mass is 10.1. The largest absolute Gasteiger partial charge is 0.493 e. The summed E-state index contributed by atoms with van der Waals surface area (Å²) >= 11 is 0. The van der Waals surface area contributed by atoms with Gasteiger partial charge in [-0.15, -0.1) is 0 Å². The van der Waals surface area contributed by atoms with Crippen molar-refractivity contribution in [1.82, 2.24) is 0 Å². The topological polar surface area (TPSA) is 198 Å². The van der Waals surface area contributed by atoms with Crippen molar-refractivity contribution in [2.75, 3.05) is 18.1 Å². The molecule has 14 heteroatoms. The van der Waals surface area contributed by atoms with E-state index in [4.69, 9.17) is 15.0 Å². The average Bonchev–Trinajstić information content (AvgIpc) is 2.50. The molecule has 0 saturated carbocycles. The normalized spacial score (nSPS) is 13.0. The number of nitrogens with two attached hydrogens (primary N) is 1. The van der Waals surface area contributed by atoms with Crippen LogP contribution in [0.15, 0.2) is 34.1 Å². The number of fused-ring (bicyclic) bond motifs is 1. The fraction of sp³-hybridized carbons (Fsp3) is 0.286. The lowest BCUT2D eigenvalue weighted by Crippen LogP contribution is -2.07. The predicted molar refractivity (Wildman–Crippen MR) is 99.1 cm³/mol. The van der Waals surface area contributed by atoms with Crippen LogP contribution in [0.4, 0.5) is 5.69 Å². The van der Waals surface area contributed by atoms with Gasteiger partial charge in [-0.3, -0.25) is 13.7 Å². The molecule has 5 N–H and O–H groups in total. The molecule has 0 saturated heterocycles. The Balaban J connectivity index is 2.46. The number of rotatable bonds is 8. The molecule has 0 fully saturated rings. The summed E-state index contributed by atoms with van der Waals surface area (Å²) in [7, 11) is -13.5. The first kappa shape index (κ1) is 22.3. The van der Waals surface area contributed by atoms with Crippen LogP contribution in [0.25, 0.3) is 10.8 Å². The fourth-order valence-electron chi connectivity index (χ4n) is 2.41. The van der Waals surface area contributed by atoms with Crippen LogP contribution in [-0.2, 0) is 30.4 Å². The summed E-state index contributed by atoms with van der Waals surface area (Å²) in [5.41, 5.74) is 5.32. The van der Waals surface area contributed by atoms with Crippen molar-refractivity contribution in [2.24, 2.45) is 0 Å². The maximum atomic E-state index is 11.5. The number of benzene rings is 2. The molecule has 0 heterocycles. The molecule has 0 bridgehead atoms. The van der Waals surface area contributed by atoms with Gasteiger partial charge in [0.2, 0.25) is 0 Å². The van der Waals surface area contributed by atoms with Gasteiger partial charge in [0.25, 0.3) is 30.4 Å². The molecule has 2 aromatic rings. The van der Waals surface area contributed by atoms with E-state index < -0.39 is 45.9 Å². The Hall–Kier alpha value is -1.97. The lowest BCUT2D eigenvalue weighted by Gasteiger charge is -2.13. The quantitative estimate of drug-likeness (QED) is 0.251. The monoisotopic (exact) mass is 455 g/mol. The Morgan fingerprint density at radius 1 is 0.857 bits per heavy atom.